The Bertz CT molecular complexity index is 1020. The van der Waals surface area contributed by atoms with Gasteiger partial charge in [-0.15, -0.1) is 0 Å². The molecule has 39 heavy (non-hydrogen) atoms. The van der Waals surface area contributed by atoms with E-state index < -0.39 is 5.60 Å². The van der Waals surface area contributed by atoms with Crippen molar-refractivity contribution in [2.24, 2.45) is 17.3 Å². The molecule has 3 aliphatic rings. The van der Waals surface area contributed by atoms with Gasteiger partial charge < -0.3 is 14.5 Å². The number of nitrogens with zero attached hydrogens (tertiary/aromatic N) is 3. The van der Waals surface area contributed by atoms with Gasteiger partial charge >= 0.3 is 6.09 Å². The second-order valence-corrected chi connectivity index (χ2v) is 14.8. The molecular formula is C31H47Cl2N3O3. The molecule has 2 aliphatic heterocycles. The van der Waals surface area contributed by atoms with Crippen molar-refractivity contribution in [2.45, 2.75) is 97.8 Å². The molecule has 0 N–H and O–H groups in total. The molecular weight excluding hydrogens is 533 g/mol. The lowest BCUT2D eigenvalue weighted by Gasteiger charge is -2.50. The van der Waals surface area contributed by atoms with Crippen LogP contribution in [0.1, 0.15) is 91.7 Å². The van der Waals surface area contributed by atoms with E-state index in [1.54, 1.807) is 4.90 Å². The van der Waals surface area contributed by atoms with Gasteiger partial charge in [-0.05, 0) is 75.0 Å². The standard InChI is InChI=1S/C31H47Cl2N3O3/c1-30(2,3)27-20-35(26(17-21-7-8-21)23-9-10-24(32)25(33)19-23)15-16-36(27)28(37)18-22-11-13-34(14-12-22)29(38)39-31(4,5)6/h9-10,19,21-22,26-27H,7-8,11-18,20H2,1-6H3/t26?,27-/m1/s1. The van der Waals surface area contributed by atoms with Crippen LogP contribution in [0.3, 0.4) is 0 Å². The van der Waals surface area contributed by atoms with Crippen LogP contribution < -0.4 is 0 Å². The van der Waals surface area contributed by atoms with Crippen molar-refractivity contribution in [3.63, 3.8) is 0 Å². The Morgan fingerprint density at radius 1 is 0.923 bits per heavy atom. The van der Waals surface area contributed by atoms with E-state index in [0.717, 1.165) is 44.8 Å². The molecule has 0 bridgehead atoms. The van der Waals surface area contributed by atoms with Crippen LogP contribution >= 0.6 is 23.2 Å². The van der Waals surface area contributed by atoms with Crippen LogP contribution in [0.15, 0.2) is 18.2 Å². The number of halogens is 2. The van der Waals surface area contributed by atoms with Gasteiger partial charge in [-0.3, -0.25) is 9.69 Å². The Hall–Kier alpha value is -1.50. The molecule has 2 heterocycles. The summed E-state index contributed by atoms with van der Waals surface area (Å²) >= 11 is 12.7. The summed E-state index contributed by atoms with van der Waals surface area (Å²) in [6.45, 7) is 16.1. The van der Waals surface area contributed by atoms with Crippen LogP contribution in [-0.4, -0.2) is 71.1 Å². The molecule has 8 heteroatoms. The summed E-state index contributed by atoms with van der Waals surface area (Å²) in [6.07, 6.45) is 5.69. The van der Waals surface area contributed by atoms with Crippen molar-refractivity contribution in [2.75, 3.05) is 32.7 Å². The van der Waals surface area contributed by atoms with Crippen molar-refractivity contribution < 1.29 is 14.3 Å². The highest BCUT2D eigenvalue weighted by Crippen LogP contribution is 2.43. The van der Waals surface area contributed by atoms with E-state index in [-0.39, 0.29) is 29.5 Å². The molecule has 2 amide bonds. The topological polar surface area (TPSA) is 53.1 Å². The van der Waals surface area contributed by atoms with Gasteiger partial charge in [0.2, 0.25) is 5.91 Å². The minimum Gasteiger partial charge on any atom is -0.444 e. The number of rotatable bonds is 6. The van der Waals surface area contributed by atoms with Crippen molar-refractivity contribution >= 4 is 35.2 Å². The fourth-order valence-electron chi connectivity index (χ4n) is 6.02. The van der Waals surface area contributed by atoms with Gasteiger partial charge in [0, 0.05) is 51.2 Å². The number of carbonyl (C=O) groups excluding carboxylic acids is 2. The normalized spacial score (nSPS) is 22.6. The number of carbonyl (C=O) groups is 2. The molecule has 0 aromatic heterocycles. The Labute approximate surface area is 245 Å². The van der Waals surface area contributed by atoms with Gasteiger partial charge in [0.25, 0.3) is 0 Å². The predicted octanol–water partition coefficient (Wildman–Crippen LogP) is 7.43. The summed E-state index contributed by atoms with van der Waals surface area (Å²) < 4.78 is 5.53. The second kappa shape index (κ2) is 12.2. The summed E-state index contributed by atoms with van der Waals surface area (Å²) in [5, 5.41) is 1.19. The van der Waals surface area contributed by atoms with Crippen LogP contribution in [-0.2, 0) is 9.53 Å². The maximum atomic E-state index is 13.7. The molecule has 3 fully saturated rings. The van der Waals surface area contributed by atoms with Crippen molar-refractivity contribution in [3.05, 3.63) is 33.8 Å². The molecule has 2 saturated heterocycles. The van der Waals surface area contributed by atoms with Gasteiger partial charge in [0.1, 0.15) is 5.60 Å². The monoisotopic (exact) mass is 579 g/mol. The highest BCUT2D eigenvalue weighted by atomic mass is 35.5. The number of hydrogen-bond acceptors (Lipinski definition) is 4. The van der Waals surface area contributed by atoms with E-state index in [1.165, 1.54) is 18.4 Å². The third-order valence-electron chi connectivity index (χ3n) is 8.48. The highest BCUT2D eigenvalue weighted by molar-refractivity contribution is 6.42. The van der Waals surface area contributed by atoms with E-state index in [1.807, 2.05) is 32.9 Å². The maximum absolute atomic E-state index is 13.7. The maximum Gasteiger partial charge on any atom is 0.410 e. The average molecular weight is 581 g/mol. The second-order valence-electron chi connectivity index (χ2n) is 13.9. The summed E-state index contributed by atoms with van der Waals surface area (Å²) in [4.78, 5) is 32.7. The Morgan fingerprint density at radius 3 is 2.15 bits per heavy atom. The number of ether oxygens (including phenoxy) is 1. The summed E-state index contributed by atoms with van der Waals surface area (Å²) in [6, 6.07) is 6.48. The molecule has 1 aromatic rings. The van der Waals surface area contributed by atoms with Crippen LogP contribution in [0.4, 0.5) is 4.79 Å². The lowest BCUT2D eigenvalue weighted by atomic mass is 9.82. The largest absolute Gasteiger partial charge is 0.444 e. The smallest absolute Gasteiger partial charge is 0.410 e. The number of amides is 2. The van der Waals surface area contributed by atoms with Gasteiger partial charge in [-0.2, -0.15) is 0 Å². The number of likely N-dealkylation sites (tertiary alicyclic amines) is 1. The summed E-state index contributed by atoms with van der Waals surface area (Å²) in [7, 11) is 0. The van der Waals surface area contributed by atoms with E-state index in [4.69, 9.17) is 27.9 Å². The van der Waals surface area contributed by atoms with Crippen LogP contribution in [0.25, 0.3) is 0 Å². The van der Waals surface area contributed by atoms with Crippen molar-refractivity contribution in [1.82, 2.24) is 14.7 Å². The molecule has 1 aliphatic carbocycles. The van der Waals surface area contributed by atoms with Crippen LogP contribution in [0, 0.1) is 17.3 Å². The fourth-order valence-corrected chi connectivity index (χ4v) is 6.33. The molecule has 4 rings (SSSR count). The zero-order valence-electron chi connectivity index (χ0n) is 24.6. The number of hydrogen-bond donors (Lipinski definition) is 0. The van der Waals surface area contributed by atoms with Crippen molar-refractivity contribution in [1.29, 1.82) is 0 Å². The van der Waals surface area contributed by atoms with E-state index in [2.05, 4.69) is 36.6 Å². The molecule has 6 nitrogen and oxygen atoms in total. The molecule has 0 spiro atoms. The Balaban J connectivity index is 1.40. The lowest BCUT2D eigenvalue weighted by molar-refractivity contribution is -0.141. The Kier molecular flexibility index (Phi) is 9.50. The van der Waals surface area contributed by atoms with Crippen LogP contribution in [0.5, 0.6) is 0 Å². The van der Waals surface area contributed by atoms with Gasteiger partial charge in [-0.25, -0.2) is 4.79 Å². The summed E-state index contributed by atoms with van der Waals surface area (Å²) in [5.74, 6) is 1.32. The zero-order valence-corrected chi connectivity index (χ0v) is 26.2. The zero-order chi connectivity index (χ0) is 28.5. The number of piperazine rings is 1. The SMILES string of the molecule is CC(C)(C)OC(=O)N1CCC(CC(=O)N2CCN(C(CC3CC3)c3ccc(Cl)c(Cl)c3)C[C@@H]2C(C)(C)C)CC1. The van der Waals surface area contributed by atoms with E-state index in [9.17, 15) is 9.59 Å². The predicted molar refractivity (Wildman–Crippen MR) is 158 cm³/mol. The first-order chi connectivity index (χ1) is 18.2. The fraction of sp³-hybridized carbons (Fsp3) is 0.742. The molecule has 2 atom stereocenters. The average Bonchev–Trinajstić information content (AvgIpc) is 3.67. The minimum atomic E-state index is -0.495. The van der Waals surface area contributed by atoms with Gasteiger partial charge in [-0.1, -0.05) is 62.9 Å². The van der Waals surface area contributed by atoms with Gasteiger partial charge in [0.05, 0.1) is 10.0 Å². The third-order valence-corrected chi connectivity index (χ3v) is 9.22. The van der Waals surface area contributed by atoms with E-state index in [0.29, 0.717) is 35.5 Å². The number of benzene rings is 1. The van der Waals surface area contributed by atoms with Crippen molar-refractivity contribution in [3.8, 4) is 0 Å². The quantitative estimate of drug-likeness (QED) is 0.351. The first kappa shape index (κ1) is 30.5. The first-order valence-corrected chi connectivity index (χ1v) is 15.4. The van der Waals surface area contributed by atoms with Crippen LogP contribution in [0.2, 0.25) is 10.0 Å². The summed E-state index contributed by atoms with van der Waals surface area (Å²) in [5.41, 5.74) is 0.683. The molecule has 1 saturated carbocycles. The molecule has 1 unspecified atom stereocenters. The number of piperidine rings is 1. The van der Waals surface area contributed by atoms with Gasteiger partial charge in [0.15, 0.2) is 0 Å². The molecule has 1 aromatic carbocycles. The lowest BCUT2D eigenvalue weighted by Crippen LogP contribution is -2.60. The van der Waals surface area contributed by atoms with E-state index >= 15 is 0 Å². The first-order valence-electron chi connectivity index (χ1n) is 14.7. The molecule has 218 valence electrons. The highest BCUT2D eigenvalue weighted by Gasteiger charge is 2.41. The minimum absolute atomic E-state index is 0.0455. The third kappa shape index (κ3) is 8.27. The molecule has 0 radical (unpaired) electrons. The Morgan fingerprint density at radius 2 is 1.59 bits per heavy atom.